The molecule has 21 heavy (non-hydrogen) atoms. The van der Waals surface area contributed by atoms with E-state index in [-0.39, 0.29) is 22.1 Å². The molecule has 1 saturated heterocycles. The monoisotopic (exact) mass is 304 g/mol. The second-order valence-corrected chi connectivity index (χ2v) is 8.70. The molecule has 1 aliphatic heterocycles. The van der Waals surface area contributed by atoms with Crippen molar-refractivity contribution in [1.29, 1.82) is 0 Å². The molecule has 0 amide bonds. The quantitative estimate of drug-likeness (QED) is 0.750. The Balaban J connectivity index is 1.80. The van der Waals surface area contributed by atoms with Crippen LogP contribution >= 0.6 is 11.8 Å². The van der Waals surface area contributed by atoms with E-state index in [4.69, 9.17) is 4.74 Å². The molecule has 0 N–H and O–H groups in total. The van der Waals surface area contributed by atoms with E-state index < -0.39 is 0 Å². The molecule has 4 atom stereocenters. The molecule has 2 fully saturated rings. The van der Waals surface area contributed by atoms with Gasteiger partial charge in [0.25, 0.3) is 0 Å². The second kappa shape index (κ2) is 5.77. The number of carbonyl (C=O) groups excluding carboxylic acids is 1. The average molecular weight is 304 g/mol. The number of fused-ring (bicyclic) bond motifs is 1. The molecule has 114 valence electrons. The number of rotatable bonds is 2. The summed E-state index contributed by atoms with van der Waals surface area (Å²) in [7, 11) is 0. The van der Waals surface area contributed by atoms with Gasteiger partial charge < -0.3 is 4.74 Å². The summed E-state index contributed by atoms with van der Waals surface area (Å²) in [6, 6.07) is 9.53. The molecule has 1 saturated carbocycles. The molecule has 1 aromatic rings. The van der Waals surface area contributed by atoms with Crippen molar-refractivity contribution in [3.8, 4) is 0 Å². The molecular formula is C18H24O2S. The highest BCUT2D eigenvalue weighted by Gasteiger charge is 2.48. The molecule has 0 spiro atoms. The molecule has 0 unspecified atom stereocenters. The molecule has 1 aromatic carbocycles. The average Bonchev–Trinajstić information content (AvgIpc) is 2.46. The fraction of sp³-hybridized carbons (Fsp3) is 0.611. The summed E-state index contributed by atoms with van der Waals surface area (Å²) in [5.74, 6) is 1.39. The summed E-state index contributed by atoms with van der Waals surface area (Å²) in [6.45, 7) is 6.85. The van der Waals surface area contributed by atoms with Crippen LogP contribution in [0.4, 0.5) is 0 Å². The van der Waals surface area contributed by atoms with Crippen LogP contribution in [0, 0.1) is 11.8 Å². The summed E-state index contributed by atoms with van der Waals surface area (Å²) < 4.78 is 6.34. The summed E-state index contributed by atoms with van der Waals surface area (Å²) in [4.78, 5) is 12.7. The minimum Gasteiger partial charge on any atom is -0.356 e. The lowest BCUT2D eigenvalue weighted by Gasteiger charge is -2.49. The van der Waals surface area contributed by atoms with Gasteiger partial charge in [0.05, 0.1) is 6.10 Å². The summed E-state index contributed by atoms with van der Waals surface area (Å²) in [5.41, 5.74) is 0.405. The molecule has 3 heteroatoms. The predicted molar refractivity (Wildman–Crippen MR) is 87.6 cm³/mol. The largest absolute Gasteiger partial charge is 0.356 e. The lowest BCUT2D eigenvalue weighted by molar-refractivity contribution is -0.0486. The Labute approximate surface area is 131 Å². The van der Waals surface area contributed by atoms with Gasteiger partial charge in [-0.1, -0.05) is 57.5 Å². The molecule has 3 rings (SSSR count). The summed E-state index contributed by atoms with van der Waals surface area (Å²) in [5, 5.41) is 0. The number of hydrogen-bond donors (Lipinski definition) is 0. The minimum absolute atomic E-state index is 0.109. The van der Waals surface area contributed by atoms with Gasteiger partial charge in [0, 0.05) is 10.3 Å². The van der Waals surface area contributed by atoms with Crippen molar-refractivity contribution >= 4 is 17.5 Å². The van der Waals surface area contributed by atoms with E-state index >= 15 is 0 Å². The minimum atomic E-state index is -0.353. The number of benzene rings is 1. The highest BCUT2D eigenvalue weighted by atomic mass is 32.2. The number of ether oxygens (including phenoxy) is 1. The zero-order chi connectivity index (χ0) is 15.0. The Morgan fingerprint density at radius 3 is 2.67 bits per heavy atom. The van der Waals surface area contributed by atoms with Crippen LogP contribution in [0.25, 0.3) is 0 Å². The smallest absolute Gasteiger partial charge is 0.201 e. The Bertz CT molecular complexity index is 511. The van der Waals surface area contributed by atoms with Gasteiger partial charge in [-0.25, -0.2) is 0 Å². The standard InChI is InChI=1S/C18H24O2S/c1-12-9-10-14-15(11-12)20-17(21-18(14,2)3)16(19)13-7-5-4-6-8-13/h4-8,12,14-15,17H,9-11H2,1-3H3/t12-,14-,15+,17-/m1/s1. The van der Waals surface area contributed by atoms with Crippen LogP contribution in [0.2, 0.25) is 0 Å². The van der Waals surface area contributed by atoms with Crippen molar-refractivity contribution in [3.05, 3.63) is 35.9 Å². The Morgan fingerprint density at radius 2 is 1.95 bits per heavy atom. The normalized spacial score (nSPS) is 35.0. The number of hydrogen-bond acceptors (Lipinski definition) is 3. The first-order chi connectivity index (χ1) is 9.97. The van der Waals surface area contributed by atoms with E-state index in [1.165, 1.54) is 12.8 Å². The van der Waals surface area contributed by atoms with Crippen LogP contribution < -0.4 is 0 Å². The van der Waals surface area contributed by atoms with Crippen molar-refractivity contribution in [1.82, 2.24) is 0 Å². The van der Waals surface area contributed by atoms with Crippen LogP contribution in [0.15, 0.2) is 30.3 Å². The van der Waals surface area contributed by atoms with Gasteiger partial charge in [-0.2, -0.15) is 0 Å². The van der Waals surface area contributed by atoms with Crippen LogP contribution in [-0.4, -0.2) is 22.1 Å². The van der Waals surface area contributed by atoms with Crippen molar-refractivity contribution in [2.75, 3.05) is 0 Å². The molecule has 1 aliphatic carbocycles. The molecule has 0 radical (unpaired) electrons. The van der Waals surface area contributed by atoms with Crippen molar-refractivity contribution < 1.29 is 9.53 Å². The zero-order valence-corrected chi connectivity index (χ0v) is 13.9. The molecule has 2 aliphatic rings. The molecule has 2 nitrogen and oxygen atoms in total. The lowest BCUT2D eigenvalue weighted by Crippen LogP contribution is -2.50. The van der Waals surface area contributed by atoms with Gasteiger partial charge in [-0.3, -0.25) is 4.79 Å². The van der Waals surface area contributed by atoms with E-state index in [2.05, 4.69) is 20.8 Å². The first kappa shape index (κ1) is 15.1. The molecular weight excluding hydrogens is 280 g/mol. The molecule has 0 aromatic heterocycles. The number of carbonyl (C=O) groups is 1. The fourth-order valence-corrected chi connectivity index (χ4v) is 5.12. The van der Waals surface area contributed by atoms with E-state index in [9.17, 15) is 4.79 Å². The van der Waals surface area contributed by atoms with Gasteiger partial charge in [0.15, 0.2) is 5.44 Å². The van der Waals surface area contributed by atoms with Crippen LogP contribution in [0.3, 0.4) is 0 Å². The first-order valence-electron chi connectivity index (χ1n) is 7.90. The van der Waals surface area contributed by atoms with Gasteiger partial charge in [0.1, 0.15) is 0 Å². The maximum Gasteiger partial charge on any atom is 0.201 e. The Morgan fingerprint density at radius 1 is 1.24 bits per heavy atom. The fourth-order valence-electron chi connectivity index (χ4n) is 3.68. The first-order valence-corrected chi connectivity index (χ1v) is 8.78. The summed E-state index contributed by atoms with van der Waals surface area (Å²) in [6.07, 6.45) is 3.83. The third-order valence-corrected chi connectivity index (χ3v) is 6.38. The number of thioether (sulfide) groups is 1. The van der Waals surface area contributed by atoms with E-state index in [1.54, 1.807) is 11.8 Å². The maximum atomic E-state index is 12.7. The molecule has 0 bridgehead atoms. The maximum absolute atomic E-state index is 12.7. The van der Waals surface area contributed by atoms with Crippen molar-refractivity contribution in [3.63, 3.8) is 0 Å². The van der Waals surface area contributed by atoms with Gasteiger partial charge in [0.2, 0.25) is 5.78 Å². The van der Waals surface area contributed by atoms with E-state index in [0.29, 0.717) is 11.8 Å². The predicted octanol–water partition coefficient (Wildman–Crippen LogP) is 4.54. The third kappa shape index (κ3) is 3.04. The Hall–Kier alpha value is -0.800. The van der Waals surface area contributed by atoms with Crippen LogP contribution in [-0.2, 0) is 4.74 Å². The van der Waals surface area contributed by atoms with Gasteiger partial charge in [-0.05, 0) is 24.7 Å². The SMILES string of the molecule is C[C@@H]1CC[C@@H]2[C@H](C1)O[C@@H](C(=O)c1ccccc1)SC2(C)C. The third-order valence-electron chi connectivity index (χ3n) is 4.93. The number of ketones is 1. The Kier molecular flexibility index (Phi) is 4.15. The van der Waals surface area contributed by atoms with Gasteiger partial charge in [-0.15, -0.1) is 11.8 Å². The topological polar surface area (TPSA) is 26.3 Å². The number of Topliss-reactive ketones (excluding diaryl/α,β-unsaturated/α-hetero) is 1. The van der Waals surface area contributed by atoms with Gasteiger partial charge >= 0.3 is 0 Å². The van der Waals surface area contributed by atoms with Crippen molar-refractivity contribution in [2.45, 2.75) is 56.3 Å². The van der Waals surface area contributed by atoms with Crippen LogP contribution in [0.5, 0.6) is 0 Å². The highest BCUT2D eigenvalue weighted by molar-refractivity contribution is 8.01. The van der Waals surface area contributed by atoms with Crippen LogP contribution in [0.1, 0.15) is 50.4 Å². The second-order valence-electron chi connectivity index (χ2n) is 6.98. The van der Waals surface area contributed by atoms with E-state index in [0.717, 1.165) is 12.0 Å². The van der Waals surface area contributed by atoms with Crippen molar-refractivity contribution in [2.24, 2.45) is 11.8 Å². The van der Waals surface area contributed by atoms with E-state index in [1.807, 2.05) is 30.3 Å². The lowest BCUT2D eigenvalue weighted by atomic mass is 9.75. The highest BCUT2D eigenvalue weighted by Crippen LogP contribution is 2.50. The molecule has 1 heterocycles. The summed E-state index contributed by atoms with van der Waals surface area (Å²) >= 11 is 1.71. The zero-order valence-electron chi connectivity index (χ0n) is 13.0.